The molecule has 1 aliphatic heterocycles. The van der Waals surface area contributed by atoms with Gasteiger partial charge in [-0.2, -0.15) is 0 Å². The van der Waals surface area contributed by atoms with Gasteiger partial charge in [0.25, 0.3) is 0 Å². The molecule has 1 unspecified atom stereocenters. The summed E-state index contributed by atoms with van der Waals surface area (Å²) in [6.07, 6.45) is 5.66. The van der Waals surface area contributed by atoms with Crippen LogP contribution in [-0.4, -0.2) is 16.9 Å². The number of thioether (sulfide) groups is 1. The normalized spacial score (nSPS) is 28.6. The SMILES string of the molecule is C=C1CSC(C2=CCCC2)C(=O)N1. The zero-order chi connectivity index (χ0) is 9.26. The van der Waals surface area contributed by atoms with Crippen molar-refractivity contribution in [2.75, 3.05) is 5.75 Å². The lowest BCUT2D eigenvalue weighted by molar-refractivity contribution is -0.119. The molecule has 3 heteroatoms. The molecule has 0 aromatic carbocycles. The van der Waals surface area contributed by atoms with E-state index in [2.05, 4.69) is 18.0 Å². The Kier molecular flexibility index (Phi) is 2.44. The Morgan fingerprint density at radius 2 is 2.46 bits per heavy atom. The van der Waals surface area contributed by atoms with E-state index in [1.165, 1.54) is 12.0 Å². The fourth-order valence-electron chi connectivity index (χ4n) is 1.74. The number of carbonyl (C=O) groups excluding carboxylic acids is 1. The van der Waals surface area contributed by atoms with E-state index in [1.807, 2.05) is 0 Å². The van der Waals surface area contributed by atoms with E-state index < -0.39 is 0 Å². The van der Waals surface area contributed by atoms with Crippen LogP contribution in [0.25, 0.3) is 0 Å². The summed E-state index contributed by atoms with van der Waals surface area (Å²) in [6, 6.07) is 0. The highest BCUT2D eigenvalue weighted by Crippen LogP contribution is 2.31. The summed E-state index contributed by atoms with van der Waals surface area (Å²) in [5, 5.41) is 2.87. The minimum Gasteiger partial charge on any atom is -0.328 e. The van der Waals surface area contributed by atoms with Crippen LogP contribution < -0.4 is 5.32 Å². The Morgan fingerprint density at radius 3 is 3.08 bits per heavy atom. The molecular weight excluding hydrogens is 182 g/mol. The fraction of sp³-hybridized carbons (Fsp3) is 0.500. The van der Waals surface area contributed by atoms with Gasteiger partial charge in [-0.3, -0.25) is 4.79 Å². The third-order valence-corrected chi connectivity index (χ3v) is 3.74. The van der Waals surface area contributed by atoms with Crippen molar-refractivity contribution >= 4 is 17.7 Å². The maximum Gasteiger partial charge on any atom is 0.241 e. The van der Waals surface area contributed by atoms with Crippen LogP contribution in [0.5, 0.6) is 0 Å². The van der Waals surface area contributed by atoms with E-state index in [-0.39, 0.29) is 11.2 Å². The lowest BCUT2D eigenvalue weighted by Crippen LogP contribution is -2.38. The van der Waals surface area contributed by atoms with E-state index in [4.69, 9.17) is 0 Å². The van der Waals surface area contributed by atoms with Gasteiger partial charge in [-0.1, -0.05) is 18.2 Å². The molecule has 1 N–H and O–H groups in total. The van der Waals surface area contributed by atoms with Gasteiger partial charge < -0.3 is 5.32 Å². The predicted octanol–water partition coefficient (Wildman–Crippen LogP) is 1.84. The molecule has 0 saturated carbocycles. The smallest absolute Gasteiger partial charge is 0.241 e. The Balaban J connectivity index is 2.07. The van der Waals surface area contributed by atoms with Gasteiger partial charge in [-0.05, 0) is 19.3 Å². The lowest BCUT2D eigenvalue weighted by atomic mass is 10.1. The Morgan fingerprint density at radius 1 is 1.62 bits per heavy atom. The second-order valence-corrected chi connectivity index (χ2v) is 4.55. The van der Waals surface area contributed by atoms with Crippen molar-refractivity contribution in [1.29, 1.82) is 0 Å². The predicted molar refractivity (Wildman–Crippen MR) is 55.5 cm³/mol. The molecule has 2 nitrogen and oxygen atoms in total. The standard InChI is InChI=1S/C10H13NOS/c1-7-6-13-9(10(12)11-7)8-4-2-3-5-8/h4,9H,1-3,5-6H2,(H,11,12). The molecule has 1 atom stereocenters. The fourth-order valence-corrected chi connectivity index (χ4v) is 2.82. The molecule has 2 rings (SSSR count). The molecule has 1 saturated heterocycles. The van der Waals surface area contributed by atoms with Crippen LogP contribution in [0.4, 0.5) is 0 Å². The van der Waals surface area contributed by atoms with Gasteiger partial charge in [-0.25, -0.2) is 0 Å². The van der Waals surface area contributed by atoms with E-state index >= 15 is 0 Å². The van der Waals surface area contributed by atoms with Gasteiger partial charge in [0.15, 0.2) is 0 Å². The molecule has 0 bridgehead atoms. The summed E-state index contributed by atoms with van der Waals surface area (Å²) in [7, 11) is 0. The number of amides is 1. The first-order chi connectivity index (χ1) is 6.27. The zero-order valence-electron chi connectivity index (χ0n) is 7.51. The molecule has 2 aliphatic rings. The summed E-state index contributed by atoms with van der Waals surface area (Å²) in [5.41, 5.74) is 2.15. The number of hydrogen-bond acceptors (Lipinski definition) is 2. The maximum atomic E-state index is 11.6. The molecule has 0 spiro atoms. The topological polar surface area (TPSA) is 29.1 Å². The Bertz CT molecular complexity index is 283. The van der Waals surface area contributed by atoms with E-state index in [0.717, 1.165) is 24.3 Å². The monoisotopic (exact) mass is 195 g/mol. The van der Waals surface area contributed by atoms with Crippen LogP contribution in [0.3, 0.4) is 0 Å². The van der Waals surface area contributed by atoms with E-state index in [1.54, 1.807) is 11.8 Å². The minimum atomic E-state index is 0.0630. The van der Waals surface area contributed by atoms with Crippen LogP contribution in [0, 0.1) is 0 Å². The molecule has 13 heavy (non-hydrogen) atoms. The van der Waals surface area contributed by atoms with Crippen molar-refractivity contribution in [1.82, 2.24) is 5.32 Å². The molecule has 70 valence electrons. The number of carbonyl (C=O) groups is 1. The van der Waals surface area contributed by atoms with Gasteiger partial charge in [0.2, 0.25) is 5.91 Å². The third kappa shape index (κ3) is 1.80. The molecule has 0 aromatic rings. The summed E-state index contributed by atoms with van der Waals surface area (Å²) >= 11 is 1.70. The van der Waals surface area contributed by atoms with Gasteiger partial charge in [0.05, 0.1) is 0 Å². The van der Waals surface area contributed by atoms with E-state index in [9.17, 15) is 4.79 Å². The van der Waals surface area contributed by atoms with Crippen molar-refractivity contribution < 1.29 is 4.79 Å². The Hall–Kier alpha value is -0.700. The summed E-state index contributed by atoms with van der Waals surface area (Å²) in [5.74, 6) is 0.975. The second-order valence-electron chi connectivity index (χ2n) is 3.46. The molecule has 1 fully saturated rings. The van der Waals surface area contributed by atoms with Crippen molar-refractivity contribution in [2.24, 2.45) is 0 Å². The van der Waals surface area contributed by atoms with Gasteiger partial charge in [0.1, 0.15) is 5.25 Å². The average molecular weight is 195 g/mol. The van der Waals surface area contributed by atoms with E-state index in [0.29, 0.717) is 0 Å². The highest BCUT2D eigenvalue weighted by Gasteiger charge is 2.28. The molecule has 1 aliphatic carbocycles. The molecule has 0 aromatic heterocycles. The number of allylic oxidation sites excluding steroid dienone is 1. The summed E-state index contributed by atoms with van der Waals surface area (Å²) in [6.45, 7) is 3.75. The number of nitrogens with one attached hydrogen (secondary N) is 1. The largest absolute Gasteiger partial charge is 0.328 e. The maximum absolute atomic E-state index is 11.6. The third-order valence-electron chi connectivity index (χ3n) is 2.38. The highest BCUT2D eigenvalue weighted by molar-refractivity contribution is 8.01. The quantitative estimate of drug-likeness (QED) is 0.647. The van der Waals surface area contributed by atoms with Crippen molar-refractivity contribution in [3.8, 4) is 0 Å². The van der Waals surface area contributed by atoms with Gasteiger partial charge in [-0.15, -0.1) is 11.8 Å². The molecular formula is C10H13NOS. The van der Waals surface area contributed by atoms with Crippen LogP contribution >= 0.6 is 11.8 Å². The summed E-state index contributed by atoms with van der Waals surface area (Å²) in [4.78, 5) is 11.6. The first kappa shape index (κ1) is 8.88. The van der Waals surface area contributed by atoms with Crippen LogP contribution in [0.15, 0.2) is 23.9 Å². The first-order valence-electron chi connectivity index (χ1n) is 4.56. The lowest BCUT2D eigenvalue weighted by Gasteiger charge is -2.23. The zero-order valence-corrected chi connectivity index (χ0v) is 8.32. The molecule has 1 heterocycles. The minimum absolute atomic E-state index is 0.0630. The highest BCUT2D eigenvalue weighted by atomic mass is 32.2. The second kappa shape index (κ2) is 3.58. The average Bonchev–Trinajstić information content (AvgIpc) is 2.56. The van der Waals surface area contributed by atoms with Crippen LogP contribution in [0.2, 0.25) is 0 Å². The Labute approximate surface area is 82.5 Å². The van der Waals surface area contributed by atoms with Gasteiger partial charge >= 0.3 is 0 Å². The van der Waals surface area contributed by atoms with Crippen LogP contribution in [-0.2, 0) is 4.79 Å². The van der Waals surface area contributed by atoms with Gasteiger partial charge in [0, 0.05) is 11.4 Å². The molecule has 0 radical (unpaired) electrons. The van der Waals surface area contributed by atoms with Crippen molar-refractivity contribution in [3.05, 3.63) is 23.9 Å². The van der Waals surface area contributed by atoms with Crippen molar-refractivity contribution in [3.63, 3.8) is 0 Å². The number of hydrogen-bond donors (Lipinski definition) is 1. The van der Waals surface area contributed by atoms with Crippen molar-refractivity contribution in [2.45, 2.75) is 24.5 Å². The first-order valence-corrected chi connectivity index (χ1v) is 5.61. The summed E-state index contributed by atoms with van der Waals surface area (Å²) < 4.78 is 0. The molecule has 1 amide bonds. The number of rotatable bonds is 1. The van der Waals surface area contributed by atoms with Crippen LogP contribution in [0.1, 0.15) is 19.3 Å².